The van der Waals surface area contributed by atoms with Crippen LogP contribution in [0.3, 0.4) is 0 Å². The predicted molar refractivity (Wildman–Crippen MR) is 80.5 cm³/mol. The van der Waals surface area contributed by atoms with Crippen LogP contribution in [-0.4, -0.2) is 15.3 Å². The highest BCUT2D eigenvalue weighted by atomic mass is 32.1. The van der Waals surface area contributed by atoms with Gasteiger partial charge in [-0.3, -0.25) is 9.20 Å². The molecule has 0 aliphatic carbocycles. The number of furan rings is 1. The third-order valence-electron chi connectivity index (χ3n) is 3.22. The second-order valence-corrected chi connectivity index (χ2v) is 5.53. The number of hydrogen-bond donors (Lipinski definition) is 1. The van der Waals surface area contributed by atoms with E-state index in [0.717, 1.165) is 16.0 Å². The van der Waals surface area contributed by atoms with Crippen LogP contribution < -0.4 is 5.32 Å². The lowest BCUT2D eigenvalue weighted by Crippen LogP contribution is -2.22. The van der Waals surface area contributed by atoms with E-state index in [1.165, 1.54) is 0 Å². The Morgan fingerprint density at radius 1 is 1.38 bits per heavy atom. The van der Waals surface area contributed by atoms with Crippen molar-refractivity contribution in [3.63, 3.8) is 0 Å². The standard InChI is InChI=1S/C15H11N3O2S/c19-14(13-7-10-3-1-2-4-12(10)20-13)16-8-11-9-18-5-6-21-15(18)17-11/h1-7,9H,8H2,(H,16,19). The van der Waals surface area contributed by atoms with E-state index in [4.69, 9.17) is 4.42 Å². The summed E-state index contributed by atoms with van der Waals surface area (Å²) in [5.74, 6) is 0.0831. The molecule has 3 heterocycles. The number of fused-ring (bicyclic) bond motifs is 2. The number of imidazole rings is 1. The van der Waals surface area contributed by atoms with Crippen LogP contribution in [0.2, 0.25) is 0 Å². The Kier molecular flexibility index (Phi) is 2.75. The van der Waals surface area contributed by atoms with Crippen LogP contribution in [0, 0.1) is 0 Å². The third-order valence-corrected chi connectivity index (χ3v) is 3.99. The molecule has 104 valence electrons. The normalized spacial score (nSPS) is 11.2. The van der Waals surface area contributed by atoms with Crippen LogP contribution in [-0.2, 0) is 6.54 Å². The fourth-order valence-electron chi connectivity index (χ4n) is 2.21. The number of amides is 1. The monoisotopic (exact) mass is 297 g/mol. The van der Waals surface area contributed by atoms with Crippen molar-refractivity contribution in [2.75, 3.05) is 0 Å². The molecule has 0 spiro atoms. The van der Waals surface area contributed by atoms with Crippen LogP contribution in [0.1, 0.15) is 16.2 Å². The number of carbonyl (C=O) groups excluding carboxylic acids is 1. The number of hydrogen-bond acceptors (Lipinski definition) is 4. The fraction of sp³-hybridized carbons (Fsp3) is 0.0667. The molecule has 0 aliphatic heterocycles. The number of aromatic nitrogens is 2. The zero-order valence-corrected chi connectivity index (χ0v) is 11.8. The van der Waals surface area contributed by atoms with E-state index in [-0.39, 0.29) is 5.91 Å². The molecule has 0 saturated carbocycles. The number of para-hydroxylation sites is 1. The predicted octanol–water partition coefficient (Wildman–Crippen LogP) is 3.07. The summed E-state index contributed by atoms with van der Waals surface area (Å²) in [5.41, 5.74) is 1.54. The Morgan fingerprint density at radius 2 is 2.29 bits per heavy atom. The Labute approximate surface area is 123 Å². The van der Waals surface area contributed by atoms with Gasteiger partial charge in [0.05, 0.1) is 12.2 Å². The van der Waals surface area contributed by atoms with Gasteiger partial charge in [0.2, 0.25) is 0 Å². The zero-order chi connectivity index (χ0) is 14.2. The van der Waals surface area contributed by atoms with Gasteiger partial charge in [0.1, 0.15) is 5.58 Å². The molecular formula is C15H11N3O2S. The van der Waals surface area contributed by atoms with E-state index in [1.807, 2.05) is 46.4 Å². The first-order valence-electron chi connectivity index (χ1n) is 6.47. The molecule has 0 fully saturated rings. The van der Waals surface area contributed by atoms with Gasteiger partial charge in [-0.05, 0) is 12.1 Å². The van der Waals surface area contributed by atoms with Gasteiger partial charge in [0.25, 0.3) is 5.91 Å². The molecule has 0 atom stereocenters. The molecule has 3 aromatic heterocycles. The maximum atomic E-state index is 12.1. The van der Waals surface area contributed by atoms with Crippen molar-refractivity contribution in [1.29, 1.82) is 0 Å². The molecule has 6 heteroatoms. The number of benzene rings is 1. The van der Waals surface area contributed by atoms with E-state index < -0.39 is 0 Å². The summed E-state index contributed by atoms with van der Waals surface area (Å²) in [4.78, 5) is 17.4. The smallest absolute Gasteiger partial charge is 0.287 e. The minimum absolute atomic E-state index is 0.234. The first kappa shape index (κ1) is 12.2. The maximum Gasteiger partial charge on any atom is 0.287 e. The number of nitrogens with one attached hydrogen (secondary N) is 1. The van der Waals surface area contributed by atoms with Crippen molar-refractivity contribution < 1.29 is 9.21 Å². The summed E-state index contributed by atoms with van der Waals surface area (Å²) in [7, 11) is 0. The lowest BCUT2D eigenvalue weighted by atomic mass is 10.2. The minimum atomic E-state index is -0.234. The summed E-state index contributed by atoms with van der Waals surface area (Å²) < 4.78 is 7.46. The molecule has 21 heavy (non-hydrogen) atoms. The highest BCUT2D eigenvalue weighted by Gasteiger charge is 2.12. The van der Waals surface area contributed by atoms with Crippen molar-refractivity contribution in [2.45, 2.75) is 6.54 Å². The summed E-state index contributed by atoms with van der Waals surface area (Å²) in [6, 6.07) is 9.30. The third kappa shape index (κ3) is 2.19. The molecule has 1 aromatic carbocycles. The molecule has 4 rings (SSSR count). The van der Waals surface area contributed by atoms with Crippen LogP contribution in [0.5, 0.6) is 0 Å². The topological polar surface area (TPSA) is 59.5 Å². The molecule has 1 N–H and O–H groups in total. The van der Waals surface area contributed by atoms with E-state index in [2.05, 4.69) is 10.3 Å². The zero-order valence-electron chi connectivity index (χ0n) is 10.9. The molecule has 4 aromatic rings. The molecule has 5 nitrogen and oxygen atoms in total. The summed E-state index contributed by atoms with van der Waals surface area (Å²) >= 11 is 1.56. The molecule has 1 amide bonds. The van der Waals surface area contributed by atoms with Crippen molar-refractivity contribution >= 4 is 33.2 Å². The Hall–Kier alpha value is -2.60. The number of nitrogens with zero attached hydrogens (tertiary/aromatic N) is 2. The molecule has 0 saturated heterocycles. The molecule has 0 aliphatic rings. The maximum absolute atomic E-state index is 12.1. The van der Waals surface area contributed by atoms with Gasteiger partial charge < -0.3 is 9.73 Å². The van der Waals surface area contributed by atoms with Crippen molar-refractivity contribution in [3.05, 3.63) is 59.6 Å². The Morgan fingerprint density at radius 3 is 3.14 bits per heavy atom. The molecule has 0 bridgehead atoms. The van der Waals surface area contributed by atoms with E-state index in [9.17, 15) is 4.79 Å². The second-order valence-electron chi connectivity index (χ2n) is 4.66. The summed E-state index contributed by atoms with van der Waals surface area (Å²) in [6.07, 6.45) is 3.85. The lowest BCUT2D eigenvalue weighted by Gasteiger charge is -1.99. The van der Waals surface area contributed by atoms with Gasteiger partial charge in [-0.25, -0.2) is 4.98 Å². The SMILES string of the molecule is O=C(NCc1cn2ccsc2n1)c1cc2ccccc2o1. The average Bonchev–Trinajstić information content (AvgIpc) is 3.17. The number of rotatable bonds is 3. The highest BCUT2D eigenvalue weighted by molar-refractivity contribution is 7.15. The van der Waals surface area contributed by atoms with Crippen LogP contribution >= 0.6 is 11.3 Å². The Bertz CT molecular complexity index is 873. The lowest BCUT2D eigenvalue weighted by molar-refractivity contribution is 0.0925. The van der Waals surface area contributed by atoms with Gasteiger partial charge in [-0.1, -0.05) is 18.2 Å². The van der Waals surface area contributed by atoms with Gasteiger partial charge in [0.15, 0.2) is 10.7 Å². The average molecular weight is 297 g/mol. The van der Waals surface area contributed by atoms with Crippen LogP contribution in [0.15, 0.2) is 52.5 Å². The van der Waals surface area contributed by atoms with Crippen molar-refractivity contribution in [2.24, 2.45) is 0 Å². The minimum Gasteiger partial charge on any atom is -0.451 e. The largest absolute Gasteiger partial charge is 0.451 e. The second kappa shape index (κ2) is 4.75. The summed E-state index contributed by atoms with van der Waals surface area (Å²) in [6.45, 7) is 0.379. The molecular weight excluding hydrogens is 286 g/mol. The first-order chi connectivity index (χ1) is 10.3. The number of thiazole rings is 1. The molecule has 0 unspecified atom stereocenters. The van der Waals surface area contributed by atoms with Crippen LogP contribution in [0.4, 0.5) is 0 Å². The number of carbonyl (C=O) groups is 1. The summed E-state index contributed by atoms with van der Waals surface area (Å²) in [5, 5.41) is 5.72. The highest BCUT2D eigenvalue weighted by Crippen LogP contribution is 2.18. The van der Waals surface area contributed by atoms with Crippen LogP contribution in [0.25, 0.3) is 15.9 Å². The van der Waals surface area contributed by atoms with Crippen molar-refractivity contribution in [1.82, 2.24) is 14.7 Å². The van der Waals surface area contributed by atoms with Gasteiger partial charge >= 0.3 is 0 Å². The fourth-order valence-corrected chi connectivity index (χ4v) is 2.93. The first-order valence-corrected chi connectivity index (χ1v) is 7.35. The quantitative estimate of drug-likeness (QED) is 0.632. The van der Waals surface area contributed by atoms with E-state index in [0.29, 0.717) is 17.9 Å². The van der Waals surface area contributed by atoms with Crippen molar-refractivity contribution in [3.8, 4) is 0 Å². The van der Waals surface area contributed by atoms with Gasteiger partial charge in [-0.2, -0.15) is 0 Å². The van der Waals surface area contributed by atoms with E-state index >= 15 is 0 Å². The molecule has 0 radical (unpaired) electrons. The van der Waals surface area contributed by atoms with Gasteiger partial charge in [-0.15, -0.1) is 11.3 Å². The Balaban J connectivity index is 1.51. The van der Waals surface area contributed by atoms with Gasteiger partial charge in [0, 0.05) is 23.2 Å². The van der Waals surface area contributed by atoms with E-state index in [1.54, 1.807) is 17.4 Å².